The molecule has 1 aromatic carbocycles. The maximum atomic E-state index is 14.0. The van der Waals surface area contributed by atoms with Crippen LogP contribution < -0.4 is 16.2 Å². The Morgan fingerprint density at radius 2 is 1.85 bits per heavy atom. The van der Waals surface area contributed by atoms with Gasteiger partial charge >= 0.3 is 0 Å². The third-order valence-corrected chi connectivity index (χ3v) is 9.45. The standard InChI is InChI=1S/C31H34FN5O3/c1-16(2)37-25(9-10-34-37)29(39)36-27(26(17-3-4-17)18-5-6-18)30(40)35-22-7-8-23-19(12-22)11-20-14-31(20,23)24-13-21(32)15-33-28(24)38/h7-10,12-13,15-18,20,26-27H,3-6,11,14H2,1-2H3,(H,33,38)(H,35,40)(H,36,39)/t20?,27-,31?/m0/s1. The van der Waals surface area contributed by atoms with Crippen molar-refractivity contribution in [1.29, 1.82) is 0 Å². The van der Waals surface area contributed by atoms with Gasteiger partial charge in [0.25, 0.3) is 11.5 Å². The number of hydrogen-bond acceptors (Lipinski definition) is 4. The third-order valence-electron chi connectivity index (χ3n) is 9.45. The highest BCUT2D eigenvalue weighted by molar-refractivity contribution is 6.01. The maximum absolute atomic E-state index is 14.0. The van der Waals surface area contributed by atoms with E-state index in [1.54, 1.807) is 16.9 Å². The van der Waals surface area contributed by atoms with Crippen molar-refractivity contribution < 1.29 is 14.0 Å². The van der Waals surface area contributed by atoms with E-state index in [0.29, 0.717) is 28.8 Å². The van der Waals surface area contributed by atoms with Crippen molar-refractivity contribution in [3.05, 3.63) is 81.3 Å². The molecule has 2 unspecified atom stereocenters. The second-order valence-electron chi connectivity index (χ2n) is 12.5. The van der Waals surface area contributed by atoms with Gasteiger partial charge in [-0.15, -0.1) is 0 Å². The molecule has 40 heavy (non-hydrogen) atoms. The summed E-state index contributed by atoms with van der Waals surface area (Å²) in [6, 6.07) is 8.25. The molecule has 4 aliphatic rings. The summed E-state index contributed by atoms with van der Waals surface area (Å²) in [6.07, 6.45) is 8.67. The number of nitrogens with zero attached hydrogens (tertiary/aromatic N) is 2. The molecular formula is C31H34FN5O3. The molecule has 2 aromatic heterocycles. The van der Waals surface area contributed by atoms with Crippen LogP contribution in [0.25, 0.3) is 0 Å². The maximum Gasteiger partial charge on any atom is 0.270 e. The molecule has 208 valence electrons. The Hall–Kier alpha value is -3.75. The van der Waals surface area contributed by atoms with E-state index in [4.69, 9.17) is 0 Å². The number of benzene rings is 1. The van der Waals surface area contributed by atoms with E-state index in [1.165, 1.54) is 6.07 Å². The van der Waals surface area contributed by atoms with Gasteiger partial charge in [-0.05, 0) is 111 Å². The summed E-state index contributed by atoms with van der Waals surface area (Å²) < 4.78 is 15.7. The van der Waals surface area contributed by atoms with Crippen LogP contribution in [0.1, 0.15) is 79.2 Å². The minimum absolute atomic E-state index is 0.0227. The first-order valence-electron chi connectivity index (χ1n) is 14.4. The number of halogens is 1. The largest absolute Gasteiger partial charge is 0.339 e. The lowest BCUT2D eigenvalue weighted by Gasteiger charge is -2.28. The fourth-order valence-corrected chi connectivity index (χ4v) is 7.28. The van der Waals surface area contributed by atoms with Gasteiger partial charge in [0, 0.05) is 35.1 Å². The van der Waals surface area contributed by atoms with Crippen molar-refractivity contribution in [2.75, 3.05) is 5.32 Å². The van der Waals surface area contributed by atoms with Gasteiger partial charge in [0.2, 0.25) is 5.91 Å². The average molecular weight is 544 g/mol. The van der Waals surface area contributed by atoms with Crippen LogP contribution >= 0.6 is 0 Å². The zero-order valence-electron chi connectivity index (χ0n) is 22.7. The zero-order valence-corrected chi connectivity index (χ0v) is 22.7. The Morgan fingerprint density at radius 3 is 2.55 bits per heavy atom. The molecule has 2 amide bonds. The summed E-state index contributed by atoms with van der Waals surface area (Å²) in [6.45, 7) is 3.94. The first-order valence-corrected chi connectivity index (χ1v) is 14.4. The lowest BCUT2D eigenvalue weighted by molar-refractivity contribution is -0.119. The molecule has 2 heterocycles. The van der Waals surface area contributed by atoms with E-state index >= 15 is 0 Å². The van der Waals surface area contributed by atoms with Gasteiger partial charge in [0.15, 0.2) is 0 Å². The first kappa shape index (κ1) is 25.2. The van der Waals surface area contributed by atoms with Crippen LogP contribution in [0.2, 0.25) is 0 Å². The average Bonchev–Trinajstić information content (AvgIpc) is 3.88. The van der Waals surface area contributed by atoms with Crippen LogP contribution in [-0.4, -0.2) is 32.6 Å². The number of carbonyl (C=O) groups is 2. The van der Waals surface area contributed by atoms with Gasteiger partial charge in [-0.3, -0.25) is 19.1 Å². The molecule has 3 saturated carbocycles. The molecule has 0 spiro atoms. The van der Waals surface area contributed by atoms with Crippen molar-refractivity contribution in [1.82, 2.24) is 20.1 Å². The fourth-order valence-electron chi connectivity index (χ4n) is 7.28. The first-order chi connectivity index (χ1) is 19.3. The molecule has 0 saturated heterocycles. The summed E-state index contributed by atoms with van der Waals surface area (Å²) in [5.74, 6) is 0.344. The van der Waals surface area contributed by atoms with Crippen LogP contribution in [-0.2, 0) is 16.6 Å². The second kappa shape index (κ2) is 9.14. The predicted octanol–water partition coefficient (Wildman–Crippen LogP) is 4.33. The molecule has 0 aliphatic heterocycles. The number of fused-ring (bicyclic) bond motifs is 3. The highest BCUT2D eigenvalue weighted by atomic mass is 19.1. The summed E-state index contributed by atoms with van der Waals surface area (Å²) in [5.41, 5.74) is 3.00. The number of aromatic amines is 1. The quantitative estimate of drug-likeness (QED) is 0.373. The molecule has 9 heteroatoms. The summed E-state index contributed by atoms with van der Waals surface area (Å²) in [4.78, 5) is 42.4. The Bertz CT molecular complexity index is 1560. The van der Waals surface area contributed by atoms with Crippen molar-refractivity contribution >= 4 is 17.5 Å². The van der Waals surface area contributed by atoms with Gasteiger partial charge < -0.3 is 15.6 Å². The minimum atomic E-state index is -0.637. The number of carbonyl (C=O) groups excluding carboxylic acids is 2. The minimum Gasteiger partial charge on any atom is -0.339 e. The molecule has 3 N–H and O–H groups in total. The number of aromatic nitrogens is 3. The highest BCUT2D eigenvalue weighted by Crippen LogP contribution is 2.65. The fraction of sp³-hybridized carbons (Fsp3) is 0.484. The van der Waals surface area contributed by atoms with Crippen LogP contribution in [0.5, 0.6) is 0 Å². The second-order valence-corrected chi connectivity index (χ2v) is 12.5. The molecule has 8 nitrogen and oxygen atoms in total. The monoisotopic (exact) mass is 543 g/mol. The predicted molar refractivity (Wildman–Crippen MR) is 147 cm³/mol. The van der Waals surface area contributed by atoms with E-state index in [9.17, 15) is 18.8 Å². The third kappa shape index (κ3) is 4.17. The Labute approximate surface area is 231 Å². The summed E-state index contributed by atoms with van der Waals surface area (Å²) >= 11 is 0. The number of hydrogen-bond donors (Lipinski definition) is 3. The Balaban J connectivity index is 1.15. The summed E-state index contributed by atoms with van der Waals surface area (Å²) in [7, 11) is 0. The number of amides is 2. The normalized spacial score (nSPS) is 23.6. The number of anilines is 1. The van der Waals surface area contributed by atoms with Crippen molar-refractivity contribution in [2.45, 2.75) is 69.9 Å². The van der Waals surface area contributed by atoms with Gasteiger partial charge in [-0.1, -0.05) is 6.07 Å². The Kier molecular flexibility index (Phi) is 5.77. The van der Waals surface area contributed by atoms with Crippen molar-refractivity contribution in [2.24, 2.45) is 23.7 Å². The van der Waals surface area contributed by atoms with Crippen molar-refractivity contribution in [3.63, 3.8) is 0 Å². The van der Waals surface area contributed by atoms with Crippen LogP contribution in [0.3, 0.4) is 0 Å². The summed E-state index contributed by atoms with van der Waals surface area (Å²) in [5, 5.41) is 10.5. The number of pyridine rings is 1. The SMILES string of the molecule is CC(C)n1nccc1C(=O)N[C@H](C(=O)Nc1ccc2c(c1)CC1CC21c1cc(F)c[nH]c1=O)C(C1CC1)C1CC1. The van der Waals surface area contributed by atoms with E-state index in [2.05, 4.69) is 20.7 Å². The zero-order chi connectivity index (χ0) is 27.8. The molecule has 4 aliphatic carbocycles. The van der Waals surface area contributed by atoms with Crippen LogP contribution in [0.15, 0.2) is 47.5 Å². The lowest BCUT2D eigenvalue weighted by Crippen LogP contribution is -2.50. The molecule has 3 atom stereocenters. The van der Waals surface area contributed by atoms with Crippen LogP contribution in [0.4, 0.5) is 10.1 Å². The van der Waals surface area contributed by atoms with Gasteiger partial charge in [-0.25, -0.2) is 4.39 Å². The van der Waals surface area contributed by atoms with E-state index in [1.807, 2.05) is 32.0 Å². The van der Waals surface area contributed by atoms with Crippen LogP contribution in [0, 0.1) is 29.5 Å². The number of rotatable bonds is 9. The number of H-pyrrole nitrogens is 1. The molecule has 0 radical (unpaired) electrons. The van der Waals surface area contributed by atoms with Gasteiger partial charge in [0.05, 0.1) is 0 Å². The van der Waals surface area contributed by atoms with Gasteiger partial charge in [-0.2, -0.15) is 5.10 Å². The highest BCUT2D eigenvalue weighted by Gasteiger charge is 2.62. The Morgan fingerprint density at radius 1 is 1.10 bits per heavy atom. The van der Waals surface area contributed by atoms with E-state index in [-0.39, 0.29) is 35.3 Å². The number of nitrogens with one attached hydrogen (secondary N) is 3. The molecular weight excluding hydrogens is 509 g/mol. The molecule has 7 rings (SSSR count). The van der Waals surface area contributed by atoms with E-state index in [0.717, 1.165) is 55.8 Å². The lowest BCUT2D eigenvalue weighted by atomic mass is 9.88. The smallest absolute Gasteiger partial charge is 0.270 e. The van der Waals surface area contributed by atoms with Crippen molar-refractivity contribution in [3.8, 4) is 0 Å². The molecule has 3 aromatic rings. The van der Waals surface area contributed by atoms with E-state index < -0.39 is 17.3 Å². The van der Waals surface area contributed by atoms with Gasteiger partial charge in [0.1, 0.15) is 17.6 Å². The topological polar surface area (TPSA) is 109 Å². The molecule has 3 fully saturated rings. The molecule has 0 bridgehead atoms.